The number of fused-ring (bicyclic) bond motifs is 1. The molecule has 0 bridgehead atoms. The van der Waals surface area contributed by atoms with Gasteiger partial charge in [0.2, 0.25) is 15.9 Å². The Morgan fingerprint density at radius 1 is 1.26 bits per heavy atom. The number of sulfonamides is 1. The maximum absolute atomic E-state index is 12.3. The molecule has 23 heavy (non-hydrogen) atoms. The molecule has 0 saturated carbocycles. The zero-order valence-electron chi connectivity index (χ0n) is 13.5. The van der Waals surface area contributed by atoms with E-state index in [9.17, 15) is 13.2 Å². The fraction of sp³-hybridized carbons (Fsp3) is 0.533. The molecule has 0 aliphatic carbocycles. The summed E-state index contributed by atoms with van der Waals surface area (Å²) in [6, 6.07) is 4.94. The molecule has 1 heterocycles. The second kappa shape index (κ2) is 8.63. The molecule has 0 spiro atoms. The van der Waals surface area contributed by atoms with Gasteiger partial charge in [-0.3, -0.25) is 4.79 Å². The number of anilines is 1. The summed E-state index contributed by atoms with van der Waals surface area (Å²) >= 11 is 0. The number of amides is 1. The van der Waals surface area contributed by atoms with Gasteiger partial charge in [-0.2, -0.15) is 0 Å². The zero-order valence-corrected chi connectivity index (χ0v) is 15.1. The first-order valence-corrected chi connectivity index (χ1v) is 9.05. The van der Waals surface area contributed by atoms with E-state index in [-0.39, 0.29) is 23.2 Å². The standard InChI is InChI=1S/C15H23N3O3S.ClH/c1-3-7-16-8-9-17-22(20,21)14-4-5-15-13(11-14)6-10-18(15)12(2)19;/h4-5,11,16-17H,3,6-10H2,1-2H3;1H. The monoisotopic (exact) mass is 361 g/mol. The van der Waals surface area contributed by atoms with Crippen LogP contribution in [0.5, 0.6) is 0 Å². The Labute approximate surface area is 144 Å². The largest absolute Gasteiger partial charge is 0.315 e. The lowest BCUT2D eigenvalue weighted by Crippen LogP contribution is -2.32. The second-order valence-electron chi connectivity index (χ2n) is 5.36. The number of hydrogen-bond donors (Lipinski definition) is 2. The van der Waals surface area contributed by atoms with Gasteiger partial charge < -0.3 is 10.2 Å². The smallest absolute Gasteiger partial charge is 0.240 e. The van der Waals surface area contributed by atoms with Crippen molar-refractivity contribution >= 4 is 34.0 Å². The molecular formula is C15H24ClN3O3S. The van der Waals surface area contributed by atoms with Gasteiger partial charge >= 0.3 is 0 Å². The highest BCUT2D eigenvalue weighted by atomic mass is 35.5. The van der Waals surface area contributed by atoms with Gasteiger partial charge in [0.05, 0.1) is 4.90 Å². The summed E-state index contributed by atoms with van der Waals surface area (Å²) in [6.07, 6.45) is 1.71. The van der Waals surface area contributed by atoms with Crippen LogP contribution in [-0.2, 0) is 21.2 Å². The van der Waals surface area contributed by atoms with Crippen molar-refractivity contribution < 1.29 is 13.2 Å². The van der Waals surface area contributed by atoms with E-state index in [1.807, 2.05) is 0 Å². The van der Waals surface area contributed by atoms with E-state index >= 15 is 0 Å². The molecule has 0 saturated heterocycles. The van der Waals surface area contributed by atoms with E-state index in [1.165, 1.54) is 6.92 Å². The second-order valence-corrected chi connectivity index (χ2v) is 7.13. The van der Waals surface area contributed by atoms with E-state index in [1.54, 1.807) is 23.1 Å². The van der Waals surface area contributed by atoms with Gasteiger partial charge in [0.25, 0.3) is 0 Å². The Hall–Kier alpha value is -1.15. The van der Waals surface area contributed by atoms with E-state index in [0.717, 1.165) is 24.2 Å². The number of rotatable bonds is 7. The van der Waals surface area contributed by atoms with Crippen LogP contribution in [0.4, 0.5) is 5.69 Å². The molecular weight excluding hydrogens is 338 g/mol. The number of halogens is 1. The number of hydrogen-bond acceptors (Lipinski definition) is 4. The first-order valence-electron chi connectivity index (χ1n) is 7.57. The first kappa shape index (κ1) is 19.9. The molecule has 2 N–H and O–H groups in total. The summed E-state index contributed by atoms with van der Waals surface area (Å²) < 4.78 is 27.1. The highest BCUT2D eigenvalue weighted by Gasteiger charge is 2.24. The molecule has 0 unspecified atom stereocenters. The summed E-state index contributed by atoms with van der Waals surface area (Å²) in [7, 11) is -3.50. The fourth-order valence-corrected chi connectivity index (χ4v) is 3.61. The Balaban J connectivity index is 0.00000264. The molecule has 0 radical (unpaired) electrons. The van der Waals surface area contributed by atoms with Crippen molar-refractivity contribution in [3.05, 3.63) is 23.8 Å². The van der Waals surface area contributed by atoms with Crippen molar-refractivity contribution in [2.75, 3.05) is 31.1 Å². The molecule has 2 rings (SSSR count). The lowest BCUT2D eigenvalue weighted by Gasteiger charge is -2.15. The minimum atomic E-state index is -3.50. The average Bonchev–Trinajstić information content (AvgIpc) is 2.90. The van der Waals surface area contributed by atoms with Crippen LogP contribution in [0.2, 0.25) is 0 Å². The molecule has 1 aliphatic heterocycles. The van der Waals surface area contributed by atoms with Crippen molar-refractivity contribution in [2.45, 2.75) is 31.6 Å². The quantitative estimate of drug-likeness (QED) is 0.717. The molecule has 1 amide bonds. The predicted molar refractivity (Wildman–Crippen MR) is 93.8 cm³/mol. The van der Waals surface area contributed by atoms with Crippen molar-refractivity contribution in [3.63, 3.8) is 0 Å². The highest BCUT2D eigenvalue weighted by Crippen LogP contribution is 2.30. The number of nitrogens with zero attached hydrogens (tertiary/aromatic N) is 1. The minimum absolute atomic E-state index is 0. The highest BCUT2D eigenvalue weighted by molar-refractivity contribution is 7.89. The zero-order chi connectivity index (χ0) is 16.2. The molecule has 0 aromatic heterocycles. The topological polar surface area (TPSA) is 78.5 Å². The number of carbonyl (C=O) groups is 1. The van der Waals surface area contributed by atoms with Gasteiger partial charge in [0, 0.05) is 32.2 Å². The van der Waals surface area contributed by atoms with Crippen LogP contribution in [-0.4, -0.2) is 40.5 Å². The van der Waals surface area contributed by atoms with Crippen molar-refractivity contribution in [3.8, 4) is 0 Å². The Morgan fingerprint density at radius 2 is 2.00 bits per heavy atom. The number of benzene rings is 1. The molecule has 8 heteroatoms. The van der Waals surface area contributed by atoms with E-state index in [0.29, 0.717) is 26.1 Å². The third-order valence-corrected chi connectivity index (χ3v) is 5.12. The van der Waals surface area contributed by atoms with Crippen LogP contribution >= 0.6 is 12.4 Å². The molecule has 1 aromatic carbocycles. The van der Waals surface area contributed by atoms with Crippen LogP contribution in [0.1, 0.15) is 25.8 Å². The van der Waals surface area contributed by atoms with Crippen molar-refractivity contribution in [1.29, 1.82) is 0 Å². The molecule has 1 aliphatic rings. The van der Waals surface area contributed by atoms with Crippen LogP contribution in [0, 0.1) is 0 Å². The molecule has 6 nitrogen and oxygen atoms in total. The Bertz CT molecular complexity index is 649. The van der Waals surface area contributed by atoms with Gasteiger partial charge in [-0.25, -0.2) is 13.1 Å². The van der Waals surface area contributed by atoms with Crippen LogP contribution in [0.25, 0.3) is 0 Å². The maximum Gasteiger partial charge on any atom is 0.240 e. The summed E-state index contributed by atoms with van der Waals surface area (Å²) in [4.78, 5) is 13.4. The van der Waals surface area contributed by atoms with Crippen molar-refractivity contribution in [1.82, 2.24) is 10.0 Å². The normalized spacial score (nSPS) is 13.6. The van der Waals surface area contributed by atoms with Gasteiger partial charge in [-0.1, -0.05) is 6.92 Å². The fourth-order valence-electron chi connectivity index (χ4n) is 2.53. The Kier molecular flexibility index (Phi) is 7.47. The molecule has 0 fully saturated rings. The Morgan fingerprint density at radius 3 is 2.65 bits per heavy atom. The predicted octanol–water partition coefficient (Wildman–Crippen LogP) is 1.30. The summed E-state index contributed by atoms with van der Waals surface area (Å²) in [6.45, 7) is 6.04. The van der Waals surface area contributed by atoms with Crippen LogP contribution < -0.4 is 14.9 Å². The third-order valence-electron chi connectivity index (χ3n) is 3.66. The maximum atomic E-state index is 12.3. The summed E-state index contributed by atoms with van der Waals surface area (Å²) in [5.74, 6) is -0.0190. The summed E-state index contributed by atoms with van der Waals surface area (Å²) in [5, 5.41) is 3.15. The van der Waals surface area contributed by atoms with Crippen LogP contribution in [0.3, 0.4) is 0 Å². The molecule has 0 atom stereocenters. The summed E-state index contributed by atoms with van der Waals surface area (Å²) in [5.41, 5.74) is 1.72. The number of carbonyl (C=O) groups excluding carboxylic acids is 1. The third kappa shape index (κ3) is 4.91. The van der Waals surface area contributed by atoms with E-state index in [4.69, 9.17) is 0 Å². The SMILES string of the molecule is CCCNCCNS(=O)(=O)c1ccc2c(c1)CCN2C(C)=O.Cl. The van der Waals surface area contributed by atoms with Gasteiger partial charge in [-0.05, 0) is 43.1 Å². The van der Waals surface area contributed by atoms with E-state index in [2.05, 4.69) is 17.0 Å². The molecule has 1 aromatic rings. The van der Waals surface area contributed by atoms with E-state index < -0.39 is 10.0 Å². The van der Waals surface area contributed by atoms with Crippen molar-refractivity contribution in [2.24, 2.45) is 0 Å². The lowest BCUT2D eigenvalue weighted by atomic mass is 10.2. The van der Waals surface area contributed by atoms with Gasteiger partial charge in [0.15, 0.2) is 0 Å². The minimum Gasteiger partial charge on any atom is -0.315 e. The lowest BCUT2D eigenvalue weighted by molar-refractivity contribution is -0.116. The van der Waals surface area contributed by atoms with Gasteiger partial charge in [-0.15, -0.1) is 12.4 Å². The van der Waals surface area contributed by atoms with Gasteiger partial charge in [0.1, 0.15) is 0 Å². The number of nitrogens with one attached hydrogen (secondary N) is 2. The van der Waals surface area contributed by atoms with Crippen LogP contribution in [0.15, 0.2) is 23.1 Å². The average molecular weight is 362 g/mol. The molecule has 130 valence electrons. The first-order chi connectivity index (χ1) is 10.5.